The molecule has 0 aliphatic rings. The first kappa shape index (κ1) is 17.9. The highest BCUT2D eigenvalue weighted by atomic mass is 16.5. The number of rotatable bonds is 8. The minimum Gasteiger partial charge on any atom is -0.466 e. The van der Waals surface area contributed by atoms with Gasteiger partial charge in [-0.2, -0.15) is 0 Å². The van der Waals surface area contributed by atoms with Crippen molar-refractivity contribution >= 4 is 23.8 Å². The fourth-order valence-electron chi connectivity index (χ4n) is 1.48. The molecular formula is C12H20N2O6. The highest BCUT2D eigenvalue weighted by Gasteiger charge is 2.27. The van der Waals surface area contributed by atoms with Crippen LogP contribution in [0.15, 0.2) is 0 Å². The van der Waals surface area contributed by atoms with Crippen LogP contribution in [0.5, 0.6) is 0 Å². The van der Waals surface area contributed by atoms with E-state index in [9.17, 15) is 19.2 Å². The first-order valence-corrected chi connectivity index (χ1v) is 6.15. The van der Waals surface area contributed by atoms with E-state index >= 15 is 0 Å². The molecule has 0 unspecified atom stereocenters. The lowest BCUT2D eigenvalue weighted by atomic mass is 9.97. The zero-order chi connectivity index (χ0) is 15.7. The lowest BCUT2D eigenvalue weighted by Crippen LogP contribution is -2.50. The van der Waals surface area contributed by atoms with Crippen LogP contribution >= 0.6 is 0 Å². The third-order valence-corrected chi connectivity index (χ3v) is 2.39. The van der Waals surface area contributed by atoms with E-state index in [1.54, 1.807) is 13.8 Å². The van der Waals surface area contributed by atoms with E-state index in [0.717, 1.165) is 6.92 Å². The number of esters is 2. The summed E-state index contributed by atoms with van der Waals surface area (Å²) in [6.45, 7) is 4.12. The molecule has 0 aliphatic heterocycles. The van der Waals surface area contributed by atoms with Crippen molar-refractivity contribution in [1.29, 1.82) is 0 Å². The van der Waals surface area contributed by atoms with Crippen LogP contribution in [0.3, 0.4) is 0 Å². The predicted molar refractivity (Wildman–Crippen MR) is 68.2 cm³/mol. The van der Waals surface area contributed by atoms with Gasteiger partial charge in [0.25, 0.3) is 5.91 Å². The molecule has 3 N–H and O–H groups in total. The van der Waals surface area contributed by atoms with E-state index in [2.05, 4.69) is 10.1 Å². The Kier molecular flexibility index (Phi) is 7.95. The van der Waals surface area contributed by atoms with Gasteiger partial charge in [-0.3, -0.25) is 19.2 Å². The van der Waals surface area contributed by atoms with Crippen molar-refractivity contribution in [3.63, 3.8) is 0 Å². The molecule has 0 spiro atoms. The molecule has 2 atom stereocenters. The Balaban J connectivity index is 4.48. The van der Waals surface area contributed by atoms with Crippen LogP contribution in [0, 0.1) is 5.92 Å². The number of carbonyl (C=O) groups is 4. The number of hydrogen-bond acceptors (Lipinski definition) is 6. The summed E-state index contributed by atoms with van der Waals surface area (Å²) in [5.74, 6) is -3.08. The minimum absolute atomic E-state index is 0.0602. The van der Waals surface area contributed by atoms with Crippen LogP contribution in [0.2, 0.25) is 0 Å². The number of ether oxygens (including phenoxy) is 2. The molecule has 0 aromatic carbocycles. The predicted octanol–water partition coefficient (Wildman–Crippen LogP) is -0.891. The summed E-state index contributed by atoms with van der Waals surface area (Å²) in [5, 5.41) is 2.32. The number of hydrogen-bond donors (Lipinski definition) is 2. The molecule has 114 valence electrons. The van der Waals surface area contributed by atoms with E-state index in [4.69, 9.17) is 10.5 Å². The van der Waals surface area contributed by atoms with Gasteiger partial charge in [-0.25, -0.2) is 0 Å². The summed E-state index contributed by atoms with van der Waals surface area (Å²) in [6.07, 6.45) is -0.0602. The Hall–Kier alpha value is -2.12. The highest BCUT2D eigenvalue weighted by molar-refractivity contribution is 5.88. The molecule has 0 saturated carbocycles. The molecule has 0 radical (unpaired) electrons. The van der Waals surface area contributed by atoms with Crippen molar-refractivity contribution in [3.8, 4) is 0 Å². The molecule has 2 amide bonds. The van der Waals surface area contributed by atoms with Gasteiger partial charge in [0.1, 0.15) is 6.04 Å². The molecule has 0 rings (SSSR count). The summed E-state index contributed by atoms with van der Waals surface area (Å²) in [5.41, 5.74) is 5.18. The second kappa shape index (κ2) is 8.89. The van der Waals surface area contributed by atoms with E-state index < -0.39 is 42.3 Å². The molecule has 0 aromatic rings. The summed E-state index contributed by atoms with van der Waals surface area (Å²) in [4.78, 5) is 44.7. The smallest absolute Gasteiger partial charge is 0.306 e. The van der Waals surface area contributed by atoms with Crippen molar-refractivity contribution in [2.75, 3.05) is 13.2 Å². The maximum Gasteiger partial charge on any atom is 0.306 e. The van der Waals surface area contributed by atoms with Crippen LogP contribution in [0.1, 0.15) is 27.2 Å². The zero-order valence-corrected chi connectivity index (χ0v) is 11.8. The lowest BCUT2D eigenvalue weighted by molar-refractivity contribution is -0.147. The van der Waals surface area contributed by atoms with Crippen molar-refractivity contribution < 1.29 is 28.7 Å². The Morgan fingerprint density at radius 2 is 1.80 bits per heavy atom. The molecular weight excluding hydrogens is 268 g/mol. The summed E-state index contributed by atoms with van der Waals surface area (Å²) in [6, 6.07) is -1.04. The second-order valence-electron chi connectivity index (χ2n) is 4.21. The third-order valence-electron chi connectivity index (χ3n) is 2.39. The lowest BCUT2D eigenvalue weighted by Gasteiger charge is -2.21. The Morgan fingerprint density at radius 3 is 2.25 bits per heavy atom. The van der Waals surface area contributed by atoms with Crippen molar-refractivity contribution in [3.05, 3.63) is 0 Å². The highest BCUT2D eigenvalue weighted by Crippen LogP contribution is 2.09. The molecule has 8 heteroatoms. The first-order chi connectivity index (χ1) is 9.27. The fraction of sp³-hybridized carbons (Fsp3) is 0.667. The standard InChI is InChI=1S/C12H20N2O6/c1-4-19-10(17)5-7(2)11(12(13)18)14-9(16)6-20-8(3)15/h7,11H,4-6H2,1-3H3,(H2,13,18)(H,14,16)/t7-,11+/m1/s1. The first-order valence-electron chi connectivity index (χ1n) is 6.15. The van der Waals surface area contributed by atoms with Crippen LogP contribution in [0.4, 0.5) is 0 Å². The summed E-state index contributed by atoms with van der Waals surface area (Å²) >= 11 is 0. The molecule has 20 heavy (non-hydrogen) atoms. The Morgan fingerprint density at radius 1 is 1.20 bits per heavy atom. The Bertz CT molecular complexity index is 382. The van der Waals surface area contributed by atoms with Gasteiger partial charge in [0.05, 0.1) is 13.0 Å². The summed E-state index contributed by atoms with van der Waals surface area (Å²) in [7, 11) is 0. The second-order valence-corrected chi connectivity index (χ2v) is 4.21. The quantitative estimate of drug-likeness (QED) is 0.558. The van der Waals surface area contributed by atoms with E-state index in [0.29, 0.717) is 0 Å². The molecule has 0 fully saturated rings. The largest absolute Gasteiger partial charge is 0.466 e. The number of nitrogens with one attached hydrogen (secondary N) is 1. The molecule has 0 aromatic heterocycles. The maximum atomic E-state index is 11.5. The summed E-state index contributed by atoms with van der Waals surface area (Å²) < 4.78 is 9.24. The number of nitrogens with two attached hydrogens (primary N) is 1. The van der Waals surface area contributed by atoms with Crippen LogP contribution in [0.25, 0.3) is 0 Å². The monoisotopic (exact) mass is 288 g/mol. The van der Waals surface area contributed by atoms with Gasteiger partial charge in [-0.15, -0.1) is 0 Å². The van der Waals surface area contributed by atoms with Gasteiger partial charge in [-0.1, -0.05) is 6.92 Å². The Labute approximate surface area is 117 Å². The normalized spacial score (nSPS) is 12.9. The average molecular weight is 288 g/mol. The van der Waals surface area contributed by atoms with Crippen molar-refractivity contribution in [1.82, 2.24) is 5.32 Å². The van der Waals surface area contributed by atoms with E-state index in [-0.39, 0.29) is 13.0 Å². The number of carbonyl (C=O) groups excluding carboxylic acids is 4. The molecule has 8 nitrogen and oxygen atoms in total. The van der Waals surface area contributed by atoms with E-state index in [1.165, 1.54) is 0 Å². The van der Waals surface area contributed by atoms with Crippen LogP contribution < -0.4 is 11.1 Å². The average Bonchev–Trinajstić information content (AvgIpc) is 2.32. The SMILES string of the molecule is CCOC(=O)C[C@@H](C)[C@H](NC(=O)COC(C)=O)C(N)=O. The van der Waals surface area contributed by atoms with Gasteiger partial charge in [0.15, 0.2) is 6.61 Å². The third kappa shape index (κ3) is 7.34. The van der Waals surface area contributed by atoms with Gasteiger partial charge in [-0.05, 0) is 12.8 Å². The minimum atomic E-state index is -1.04. The van der Waals surface area contributed by atoms with Crippen LogP contribution in [-0.4, -0.2) is 43.0 Å². The van der Waals surface area contributed by atoms with E-state index in [1.807, 2.05) is 0 Å². The number of amides is 2. The molecule has 0 saturated heterocycles. The van der Waals surface area contributed by atoms with Gasteiger partial charge < -0.3 is 20.5 Å². The molecule has 0 bridgehead atoms. The van der Waals surface area contributed by atoms with Gasteiger partial charge >= 0.3 is 11.9 Å². The molecule has 0 aliphatic carbocycles. The topological polar surface area (TPSA) is 125 Å². The fourth-order valence-corrected chi connectivity index (χ4v) is 1.48. The van der Waals surface area contributed by atoms with Crippen molar-refractivity contribution in [2.45, 2.75) is 33.2 Å². The van der Waals surface area contributed by atoms with Crippen LogP contribution in [-0.2, 0) is 28.7 Å². The van der Waals surface area contributed by atoms with Crippen molar-refractivity contribution in [2.24, 2.45) is 11.7 Å². The van der Waals surface area contributed by atoms with Gasteiger partial charge in [0, 0.05) is 6.92 Å². The number of primary amides is 1. The molecule has 0 heterocycles. The zero-order valence-electron chi connectivity index (χ0n) is 11.8. The maximum absolute atomic E-state index is 11.5. The van der Waals surface area contributed by atoms with Gasteiger partial charge in [0.2, 0.25) is 5.91 Å².